The fraction of sp³-hybridized carbons (Fsp3) is 0.160. The molecule has 4 nitrogen and oxygen atoms in total. The Bertz CT molecular complexity index is 1130. The number of fused-ring (bicyclic) bond motifs is 1. The number of rotatable bonds is 7. The number of aromatic nitrogens is 2. The van der Waals surface area contributed by atoms with Crippen molar-refractivity contribution in [3.63, 3.8) is 0 Å². The summed E-state index contributed by atoms with van der Waals surface area (Å²) in [4.78, 5) is 12.6. The molecule has 0 saturated heterocycles. The summed E-state index contributed by atoms with van der Waals surface area (Å²) in [5.41, 5.74) is 3.10. The number of nitrogens with zero attached hydrogens (tertiary/aromatic N) is 2. The van der Waals surface area contributed by atoms with Gasteiger partial charge in [0.15, 0.2) is 0 Å². The van der Waals surface area contributed by atoms with Gasteiger partial charge in [0.25, 0.3) is 0 Å². The minimum Gasteiger partial charge on any atom is -0.355 e. The number of benzene rings is 3. The lowest BCUT2D eigenvalue weighted by Crippen LogP contribution is -2.32. The Morgan fingerprint density at radius 2 is 1.50 bits per heavy atom. The second kappa shape index (κ2) is 9.55. The van der Waals surface area contributed by atoms with Gasteiger partial charge in [-0.2, -0.15) is 0 Å². The van der Waals surface area contributed by atoms with Gasteiger partial charge in [0.1, 0.15) is 10.7 Å². The molecule has 5 heteroatoms. The van der Waals surface area contributed by atoms with E-state index in [4.69, 9.17) is 0 Å². The van der Waals surface area contributed by atoms with E-state index in [-0.39, 0.29) is 11.2 Å². The molecule has 1 N–H and O–H groups in total. The first-order valence-electron chi connectivity index (χ1n) is 10.0. The Labute approximate surface area is 180 Å². The molecule has 0 spiro atoms. The summed E-state index contributed by atoms with van der Waals surface area (Å²) in [5.74, 6) is 0.00829. The highest BCUT2D eigenvalue weighted by Gasteiger charge is 2.18. The van der Waals surface area contributed by atoms with Crippen molar-refractivity contribution >= 4 is 28.4 Å². The molecule has 1 aromatic heterocycles. The molecule has 0 saturated carbocycles. The zero-order valence-electron chi connectivity index (χ0n) is 16.8. The summed E-state index contributed by atoms with van der Waals surface area (Å²) >= 11 is 1.45. The van der Waals surface area contributed by atoms with Crippen LogP contribution in [0, 0.1) is 0 Å². The molecule has 0 aliphatic heterocycles. The Balaban J connectivity index is 1.47. The van der Waals surface area contributed by atoms with Gasteiger partial charge >= 0.3 is 0 Å². The van der Waals surface area contributed by atoms with Crippen LogP contribution in [0.1, 0.15) is 12.5 Å². The number of amides is 1. The Morgan fingerprint density at radius 1 is 0.867 bits per heavy atom. The van der Waals surface area contributed by atoms with Gasteiger partial charge in [-0.3, -0.25) is 4.79 Å². The molecule has 3 aromatic carbocycles. The third-order valence-electron chi connectivity index (χ3n) is 4.91. The molecule has 4 aromatic rings. The standard InChI is InChI=1S/C25H23N3OS/c1-18(24(29)26-17-16-19-10-4-2-5-11-19)30-25-22-15-9-8-14-21(22)23(27-28-25)20-12-6-3-7-13-20/h2-15,18H,16-17H2,1H3,(H,26,29)/t18-/m1/s1. The van der Waals surface area contributed by atoms with Crippen LogP contribution in [0.25, 0.3) is 22.0 Å². The molecule has 0 aliphatic rings. The van der Waals surface area contributed by atoms with Gasteiger partial charge in [-0.15, -0.1) is 10.2 Å². The molecule has 1 atom stereocenters. The molecule has 0 bridgehead atoms. The number of thioether (sulfide) groups is 1. The maximum Gasteiger partial charge on any atom is 0.233 e. The van der Waals surface area contributed by atoms with Crippen molar-refractivity contribution in [3.05, 3.63) is 90.5 Å². The Morgan fingerprint density at radius 3 is 2.23 bits per heavy atom. The molecule has 4 rings (SSSR count). The SMILES string of the molecule is C[C@@H](Sc1nnc(-c2ccccc2)c2ccccc12)C(=O)NCCc1ccccc1. The van der Waals surface area contributed by atoms with Gasteiger partial charge in [0.05, 0.1) is 5.25 Å². The van der Waals surface area contributed by atoms with Crippen molar-refractivity contribution in [1.29, 1.82) is 0 Å². The van der Waals surface area contributed by atoms with Gasteiger partial charge in [0, 0.05) is 22.9 Å². The molecule has 30 heavy (non-hydrogen) atoms. The quantitative estimate of drug-likeness (QED) is 0.427. The summed E-state index contributed by atoms with van der Waals surface area (Å²) in [6, 6.07) is 28.3. The van der Waals surface area contributed by atoms with E-state index < -0.39 is 0 Å². The summed E-state index contributed by atoms with van der Waals surface area (Å²) in [6.45, 7) is 2.52. The molecule has 1 heterocycles. The van der Waals surface area contributed by atoms with E-state index in [1.807, 2.05) is 73.7 Å². The van der Waals surface area contributed by atoms with Crippen LogP contribution in [-0.2, 0) is 11.2 Å². The van der Waals surface area contributed by atoms with E-state index in [0.717, 1.165) is 33.5 Å². The smallest absolute Gasteiger partial charge is 0.233 e. The van der Waals surface area contributed by atoms with E-state index in [0.29, 0.717) is 6.54 Å². The predicted octanol–water partition coefficient (Wildman–Crippen LogP) is 5.14. The maximum atomic E-state index is 12.6. The zero-order valence-corrected chi connectivity index (χ0v) is 17.6. The van der Waals surface area contributed by atoms with Crippen LogP contribution in [0.3, 0.4) is 0 Å². The largest absolute Gasteiger partial charge is 0.355 e. The lowest BCUT2D eigenvalue weighted by Gasteiger charge is -2.14. The van der Waals surface area contributed by atoms with Gasteiger partial charge < -0.3 is 5.32 Å². The third kappa shape index (κ3) is 4.69. The molecule has 0 aliphatic carbocycles. The molecule has 0 fully saturated rings. The monoisotopic (exact) mass is 413 g/mol. The first-order valence-corrected chi connectivity index (χ1v) is 10.9. The summed E-state index contributed by atoms with van der Waals surface area (Å²) in [6.07, 6.45) is 0.818. The molecule has 0 radical (unpaired) electrons. The molecule has 0 unspecified atom stereocenters. The van der Waals surface area contributed by atoms with Gasteiger partial charge in [-0.1, -0.05) is 96.7 Å². The number of carbonyl (C=O) groups is 1. The van der Waals surface area contributed by atoms with Gasteiger partial charge in [0.2, 0.25) is 5.91 Å². The lowest BCUT2D eigenvalue weighted by atomic mass is 10.1. The highest BCUT2D eigenvalue weighted by molar-refractivity contribution is 8.00. The highest BCUT2D eigenvalue weighted by Crippen LogP contribution is 2.33. The van der Waals surface area contributed by atoms with E-state index in [1.54, 1.807) is 0 Å². The van der Waals surface area contributed by atoms with Crippen molar-refractivity contribution in [2.45, 2.75) is 23.6 Å². The molecular formula is C25H23N3OS. The van der Waals surface area contributed by atoms with Crippen LogP contribution in [0.2, 0.25) is 0 Å². The number of nitrogens with one attached hydrogen (secondary N) is 1. The number of hydrogen-bond donors (Lipinski definition) is 1. The van der Waals surface area contributed by atoms with E-state index in [2.05, 4.69) is 33.7 Å². The summed E-state index contributed by atoms with van der Waals surface area (Å²) in [5, 5.41) is 14.5. The molecular weight excluding hydrogens is 390 g/mol. The average molecular weight is 414 g/mol. The van der Waals surface area contributed by atoms with Crippen molar-refractivity contribution < 1.29 is 4.79 Å². The van der Waals surface area contributed by atoms with Crippen LogP contribution in [0.4, 0.5) is 0 Å². The number of hydrogen-bond acceptors (Lipinski definition) is 4. The predicted molar refractivity (Wildman–Crippen MR) is 123 cm³/mol. The fourth-order valence-corrected chi connectivity index (χ4v) is 4.23. The van der Waals surface area contributed by atoms with Crippen molar-refractivity contribution in [3.8, 4) is 11.3 Å². The molecule has 1 amide bonds. The number of carbonyl (C=O) groups excluding carboxylic acids is 1. The minimum atomic E-state index is -0.263. The molecule has 150 valence electrons. The van der Waals surface area contributed by atoms with E-state index in [9.17, 15) is 4.79 Å². The highest BCUT2D eigenvalue weighted by atomic mass is 32.2. The Hall–Kier alpha value is -3.18. The third-order valence-corrected chi connectivity index (χ3v) is 6.01. The second-order valence-corrected chi connectivity index (χ2v) is 8.38. The first-order chi connectivity index (χ1) is 14.7. The van der Waals surface area contributed by atoms with Crippen LogP contribution in [0.15, 0.2) is 90.0 Å². The second-order valence-electron chi connectivity index (χ2n) is 7.05. The maximum absolute atomic E-state index is 12.6. The van der Waals surface area contributed by atoms with Gasteiger partial charge in [-0.05, 0) is 18.9 Å². The van der Waals surface area contributed by atoms with Crippen molar-refractivity contribution in [2.75, 3.05) is 6.54 Å². The minimum absolute atomic E-state index is 0.00829. The normalized spacial score (nSPS) is 11.9. The average Bonchev–Trinajstić information content (AvgIpc) is 2.80. The van der Waals surface area contributed by atoms with Crippen LogP contribution in [-0.4, -0.2) is 27.9 Å². The summed E-state index contributed by atoms with van der Waals surface area (Å²) in [7, 11) is 0. The first kappa shape index (κ1) is 20.1. The lowest BCUT2D eigenvalue weighted by molar-refractivity contribution is -0.120. The fourth-order valence-electron chi connectivity index (χ4n) is 3.31. The van der Waals surface area contributed by atoms with E-state index >= 15 is 0 Å². The zero-order chi connectivity index (χ0) is 20.8. The van der Waals surface area contributed by atoms with E-state index in [1.165, 1.54) is 17.3 Å². The Kier molecular flexibility index (Phi) is 6.40. The van der Waals surface area contributed by atoms with Crippen LogP contribution >= 0.6 is 11.8 Å². The van der Waals surface area contributed by atoms with Crippen molar-refractivity contribution in [1.82, 2.24) is 15.5 Å². The summed E-state index contributed by atoms with van der Waals surface area (Å²) < 4.78 is 0. The van der Waals surface area contributed by atoms with Gasteiger partial charge in [-0.25, -0.2) is 0 Å². The van der Waals surface area contributed by atoms with Crippen LogP contribution in [0.5, 0.6) is 0 Å². The topological polar surface area (TPSA) is 54.9 Å². The van der Waals surface area contributed by atoms with Crippen molar-refractivity contribution in [2.24, 2.45) is 0 Å². The van der Waals surface area contributed by atoms with Crippen LogP contribution < -0.4 is 5.32 Å².